The Bertz CT molecular complexity index is 1470. The smallest absolute Gasteiger partial charge is 0.262 e. The van der Waals surface area contributed by atoms with Gasteiger partial charge in [-0.15, -0.1) is 0 Å². The number of benzene rings is 4. The molecule has 1 heterocycles. The number of fused-ring (bicyclic) bond motifs is 1. The Kier molecular flexibility index (Phi) is 7.00. The molecule has 4 aromatic rings. The van der Waals surface area contributed by atoms with Crippen LogP contribution in [0.15, 0.2) is 78.9 Å². The number of halogens is 2. The third kappa shape index (κ3) is 5.10. The van der Waals surface area contributed by atoms with E-state index in [-0.39, 0.29) is 12.5 Å². The summed E-state index contributed by atoms with van der Waals surface area (Å²) < 4.78 is 11.6. The molecule has 0 aliphatic carbocycles. The zero-order valence-electron chi connectivity index (χ0n) is 20.7. The fourth-order valence-electron chi connectivity index (χ4n) is 4.67. The van der Waals surface area contributed by atoms with Crippen LogP contribution >= 0.6 is 23.2 Å². The van der Waals surface area contributed by atoms with Crippen LogP contribution in [0.2, 0.25) is 10.0 Å². The lowest BCUT2D eigenvalue weighted by Crippen LogP contribution is -2.43. The number of nitrogens with zero attached hydrogens (tertiary/aromatic N) is 1. The minimum Gasteiger partial charge on any atom is -0.496 e. The first kappa shape index (κ1) is 25.0. The number of aryl methyl sites for hydroxylation is 2. The van der Waals surface area contributed by atoms with Crippen LogP contribution in [-0.2, 0) is 6.61 Å². The normalized spacial score (nSPS) is 14.7. The van der Waals surface area contributed by atoms with Crippen LogP contribution in [0.5, 0.6) is 11.5 Å². The molecule has 0 saturated heterocycles. The number of para-hydroxylation sites is 1. The Hall–Kier alpha value is -3.67. The maximum atomic E-state index is 13.8. The first-order valence-corrected chi connectivity index (χ1v) is 12.6. The first-order valence-electron chi connectivity index (χ1n) is 11.9. The topological polar surface area (TPSA) is 50.8 Å². The molecule has 0 fully saturated rings. The molecular weight excluding hydrogens is 507 g/mol. The van der Waals surface area contributed by atoms with E-state index >= 15 is 0 Å². The maximum absolute atomic E-state index is 13.8. The van der Waals surface area contributed by atoms with Gasteiger partial charge in [0.05, 0.1) is 17.7 Å². The molecule has 0 radical (unpaired) electrons. The van der Waals surface area contributed by atoms with Crippen LogP contribution in [-0.4, -0.2) is 13.0 Å². The number of amides is 1. The van der Waals surface area contributed by atoms with Crippen molar-refractivity contribution < 1.29 is 14.3 Å². The fourth-order valence-corrected chi connectivity index (χ4v) is 5.14. The summed E-state index contributed by atoms with van der Waals surface area (Å²) in [6.07, 6.45) is -0.438. The standard InChI is InChI=1S/C30H26Cl2N2O3/c1-18-12-19(2)14-23(13-18)34-29(33-26-7-5-4-6-24(26)30(34)35)20-8-10-27(36-3)21(15-20)17-37-28-11-9-22(31)16-25(28)32/h4-16,29,33H,17H2,1-3H3. The van der Waals surface area contributed by atoms with Gasteiger partial charge in [-0.3, -0.25) is 9.69 Å². The Morgan fingerprint density at radius 3 is 2.35 bits per heavy atom. The average molecular weight is 533 g/mol. The van der Waals surface area contributed by atoms with E-state index in [0.29, 0.717) is 27.1 Å². The number of anilines is 2. The molecule has 5 nitrogen and oxygen atoms in total. The number of carbonyl (C=O) groups is 1. The largest absolute Gasteiger partial charge is 0.496 e. The summed E-state index contributed by atoms with van der Waals surface area (Å²) in [6.45, 7) is 4.29. The van der Waals surface area contributed by atoms with Crippen molar-refractivity contribution in [3.63, 3.8) is 0 Å². The molecule has 188 valence electrons. The van der Waals surface area contributed by atoms with Crippen molar-refractivity contribution in [1.29, 1.82) is 0 Å². The summed E-state index contributed by atoms with van der Waals surface area (Å²) in [7, 11) is 1.62. The molecule has 1 amide bonds. The van der Waals surface area contributed by atoms with Gasteiger partial charge in [0.2, 0.25) is 0 Å². The molecule has 1 aliphatic heterocycles. The lowest BCUT2D eigenvalue weighted by atomic mass is 10.00. The molecular formula is C30H26Cl2N2O3. The predicted octanol–water partition coefficient (Wildman–Crippen LogP) is 7.97. The molecule has 0 aromatic heterocycles. The van der Waals surface area contributed by atoms with Crippen molar-refractivity contribution in [3.8, 4) is 11.5 Å². The molecule has 1 aliphatic rings. The first-order chi connectivity index (χ1) is 17.8. The van der Waals surface area contributed by atoms with E-state index in [9.17, 15) is 4.79 Å². The van der Waals surface area contributed by atoms with Gasteiger partial charge in [0.25, 0.3) is 5.91 Å². The van der Waals surface area contributed by atoms with Gasteiger partial charge >= 0.3 is 0 Å². The number of nitrogens with one attached hydrogen (secondary N) is 1. The van der Waals surface area contributed by atoms with Crippen molar-refractivity contribution in [2.45, 2.75) is 26.6 Å². The monoisotopic (exact) mass is 532 g/mol. The van der Waals surface area contributed by atoms with Gasteiger partial charge < -0.3 is 14.8 Å². The van der Waals surface area contributed by atoms with Gasteiger partial charge in [0.1, 0.15) is 24.3 Å². The third-order valence-corrected chi connectivity index (χ3v) is 6.84. The van der Waals surface area contributed by atoms with Gasteiger partial charge in [-0.25, -0.2) is 0 Å². The average Bonchev–Trinajstić information content (AvgIpc) is 2.87. The second-order valence-electron chi connectivity index (χ2n) is 9.05. The second-order valence-corrected chi connectivity index (χ2v) is 9.89. The van der Waals surface area contributed by atoms with Gasteiger partial charge in [-0.2, -0.15) is 0 Å². The van der Waals surface area contributed by atoms with E-state index in [1.165, 1.54) is 0 Å². The molecule has 0 bridgehead atoms. The molecule has 4 aromatic carbocycles. The zero-order valence-corrected chi connectivity index (χ0v) is 22.2. The zero-order chi connectivity index (χ0) is 26.1. The van der Waals surface area contributed by atoms with Crippen molar-refractivity contribution in [2.75, 3.05) is 17.3 Å². The molecule has 0 saturated carbocycles. The molecule has 7 heteroatoms. The quantitative estimate of drug-likeness (QED) is 0.273. The molecule has 0 spiro atoms. The number of hydrogen-bond acceptors (Lipinski definition) is 4. The van der Waals surface area contributed by atoms with Gasteiger partial charge in [-0.05, 0) is 85.1 Å². The van der Waals surface area contributed by atoms with E-state index in [1.807, 2.05) is 73.3 Å². The van der Waals surface area contributed by atoms with Crippen molar-refractivity contribution >= 4 is 40.5 Å². The summed E-state index contributed by atoms with van der Waals surface area (Å²) in [6, 6.07) is 24.7. The van der Waals surface area contributed by atoms with E-state index in [4.69, 9.17) is 32.7 Å². The highest BCUT2D eigenvalue weighted by Crippen LogP contribution is 2.39. The van der Waals surface area contributed by atoms with Crippen LogP contribution in [0.3, 0.4) is 0 Å². The van der Waals surface area contributed by atoms with Crippen molar-refractivity contribution in [3.05, 3.63) is 117 Å². The fraction of sp³-hybridized carbons (Fsp3) is 0.167. The van der Waals surface area contributed by atoms with Crippen molar-refractivity contribution in [2.24, 2.45) is 0 Å². The predicted molar refractivity (Wildman–Crippen MR) is 149 cm³/mol. The SMILES string of the molecule is COc1ccc(C2Nc3ccccc3C(=O)N2c2cc(C)cc(C)c2)cc1COc1ccc(Cl)cc1Cl. The lowest BCUT2D eigenvalue weighted by Gasteiger charge is -2.38. The number of hydrogen-bond donors (Lipinski definition) is 1. The Morgan fingerprint density at radius 2 is 1.62 bits per heavy atom. The van der Waals surface area contributed by atoms with E-state index in [2.05, 4.69) is 11.4 Å². The van der Waals surface area contributed by atoms with Gasteiger partial charge in [-0.1, -0.05) is 47.5 Å². The lowest BCUT2D eigenvalue weighted by molar-refractivity contribution is 0.0975. The number of carbonyl (C=O) groups excluding carboxylic acids is 1. The van der Waals surface area contributed by atoms with E-state index in [0.717, 1.165) is 33.6 Å². The highest BCUT2D eigenvalue weighted by atomic mass is 35.5. The maximum Gasteiger partial charge on any atom is 0.262 e. The summed E-state index contributed by atoms with van der Waals surface area (Å²) in [5, 5.41) is 4.54. The Labute approximate surface area is 226 Å². The Balaban J connectivity index is 1.55. The molecule has 1 atom stereocenters. The molecule has 1 unspecified atom stereocenters. The van der Waals surface area contributed by atoms with Crippen LogP contribution in [0.4, 0.5) is 11.4 Å². The van der Waals surface area contributed by atoms with E-state index < -0.39 is 6.17 Å². The van der Waals surface area contributed by atoms with Crippen LogP contribution in [0.25, 0.3) is 0 Å². The van der Waals surface area contributed by atoms with Crippen molar-refractivity contribution in [1.82, 2.24) is 0 Å². The highest BCUT2D eigenvalue weighted by Gasteiger charge is 2.34. The summed E-state index contributed by atoms with van der Waals surface area (Å²) in [5.41, 5.74) is 6.14. The minimum atomic E-state index is -0.438. The van der Waals surface area contributed by atoms with Gasteiger partial charge in [0.15, 0.2) is 0 Å². The van der Waals surface area contributed by atoms with E-state index in [1.54, 1.807) is 25.3 Å². The number of ether oxygens (including phenoxy) is 2. The minimum absolute atomic E-state index is 0.0640. The number of methoxy groups -OCH3 is 1. The molecule has 1 N–H and O–H groups in total. The van der Waals surface area contributed by atoms with Crippen LogP contribution < -0.4 is 19.7 Å². The summed E-state index contributed by atoms with van der Waals surface area (Å²) in [5.74, 6) is 1.13. The number of rotatable bonds is 6. The van der Waals surface area contributed by atoms with Crippen LogP contribution in [0.1, 0.15) is 38.8 Å². The summed E-state index contributed by atoms with van der Waals surface area (Å²) >= 11 is 12.3. The van der Waals surface area contributed by atoms with Gasteiger partial charge in [0, 0.05) is 22.0 Å². The molecule has 37 heavy (non-hydrogen) atoms. The third-order valence-electron chi connectivity index (χ3n) is 6.31. The Morgan fingerprint density at radius 1 is 0.892 bits per heavy atom. The second kappa shape index (κ2) is 10.4. The molecule has 5 rings (SSSR count). The van der Waals surface area contributed by atoms with Crippen LogP contribution in [0, 0.1) is 13.8 Å². The highest BCUT2D eigenvalue weighted by molar-refractivity contribution is 6.35. The summed E-state index contributed by atoms with van der Waals surface area (Å²) in [4.78, 5) is 15.6.